The molecule has 1 amide bonds. The van der Waals surface area contributed by atoms with E-state index in [4.69, 9.17) is 21.8 Å². The number of amides is 1. The van der Waals surface area contributed by atoms with Gasteiger partial charge in [0.1, 0.15) is 5.58 Å². The molecule has 0 saturated heterocycles. The van der Waals surface area contributed by atoms with Crippen molar-refractivity contribution in [3.05, 3.63) is 62.3 Å². The third kappa shape index (κ3) is 4.28. The molecule has 0 aliphatic rings. The third-order valence-corrected chi connectivity index (χ3v) is 6.79. The van der Waals surface area contributed by atoms with E-state index in [2.05, 4.69) is 10.2 Å². The lowest BCUT2D eigenvalue weighted by Crippen LogP contribution is -2.15. The fourth-order valence-corrected chi connectivity index (χ4v) is 4.85. The van der Waals surface area contributed by atoms with Crippen molar-refractivity contribution in [3.8, 4) is 10.7 Å². The first-order chi connectivity index (χ1) is 14.4. The van der Waals surface area contributed by atoms with E-state index in [1.165, 1.54) is 17.8 Å². The molecule has 3 heterocycles. The van der Waals surface area contributed by atoms with Gasteiger partial charge in [-0.25, -0.2) is 4.79 Å². The van der Waals surface area contributed by atoms with E-state index in [0.29, 0.717) is 33.9 Å². The number of nitrogens with zero attached hydrogens (tertiary/aromatic N) is 3. The lowest BCUT2D eigenvalue weighted by Gasteiger charge is -2.10. The van der Waals surface area contributed by atoms with E-state index in [9.17, 15) is 9.59 Å². The average Bonchev–Trinajstić information content (AvgIpc) is 3.35. The summed E-state index contributed by atoms with van der Waals surface area (Å²) in [5.41, 5.74) is 7.04. The normalized spacial score (nSPS) is 11.3. The number of carbonyl (C=O) groups excluding carboxylic acids is 1. The number of rotatable bonds is 7. The van der Waals surface area contributed by atoms with Crippen molar-refractivity contribution in [2.24, 2.45) is 5.73 Å². The summed E-state index contributed by atoms with van der Waals surface area (Å²) in [6, 6.07) is 8.91. The number of thiophene rings is 1. The lowest BCUT2D eigenvalue weighted by atomic mass is 10.1. The van der Waals surface area contributed by atoms with Gasteiger partial charge in [-0.2, -0.15) is 0 Å². The van der Waals surface area contributed by atoms with Gasteiger partial charge in [0.05, 0.1) is 4.88 Å². The number of aryl methyl sites for hydroxylation is 1. The fraction of sp³-hybridized carbons (Fsp3) is 0.200. The Balaban J connectivity index is 1.68. The van der Waals surface area contributed by atoms with E-state index in [0.717, 1.165) is 21.4 Å². The number of hydrogen-bond acceptors (Lipinski definition) is 7. The summed E-state index contributed by atoms with van der Waals surface area (Å²) in [6.07, 6.45) is 0.177. The van der Waals surface area contributed by atoms with Crippen molar-refractivity contribution in [2.75, 3.05) is 0 Å². The molecule has 0 fully saturated rings. The minimum Gasteiger partial charge on any atom is -0.423 e. The molecular weight excluding hydrogens is 444 g/mol. The third-order valence-electron chi connectivity index (χ3n) is 4.51. The maximum atomic E-state index is 12.0. The van der Waals surface area contributed by atoms with Gasteiger partial charge in [-0.1, -0.05) is 29.4 Å². The highest BCUT2D eigenvalue weighted by atomic mass is 35.5. The molecule has 30 heavy (non-hydrogen) atoms. The van der Waals surface area contributed by atoms with Gasteiger partial charge in [-0.3, -0.25) is 4.79 Å². The monoisotopic (exact) mass is 460 g/mol. The molecule has 0 aliphatic carbocycles. The molecule has 0 radical (unpaired) electrons. The molecule has 4 aromatic rings. The maximum absolute atomic E-state index is 12.0. The van der Waals surface area contributed by atoms with Crippen LogP contribution in [0.1, 0.15) is 17.5 Å². The van der Waals surface area contributed by atoms with Crippen LogP contribution in [0.25, 0.3) is 21.7 Å². The first-order valence-electron chi connectivity index (χ1n) is 9.03. The summed E-state index contributed by atoms with van der Waals surface area (Å²) < 4.78 is 7.21. The molecule has 10 heteroatoms. The first-order valence-corrected chi connectivity index (χ1v) is 11.3. The molecular formula is C20H17ClN4O3S2. The SMILES string of the molecule is Cc1cc2oc(=O)cc(CSc3nnc(-c4cccs4)n3CCC(N)=O)c2cc1Cl. The quantitative estimate of drug-likeness (QED) is 0.326. The van der Waals surface area contributed by atoms with Crippen molar-refractivity contribution in [3.63, 3.8) is 0 Å². The highest BCUT2D eigenvalue weighted by Crippen LogP contribution is 2.32. The van der Waals surface area contributed by atoms with Crippen LogP contribution >= 0.6 is 34.7 Å². The highest BCUT2D eigenvalue weighted by Gasteiger charge is 2.17. The van der Waals surface area contributed by atoms with Gasteiger partial charge in [0.15, 0.2) is 11.0 Å². The molecule has 7 nitrogen and oxygen atoms in total. The lowest BCUT2D eigenvalue weighted by molar-refractivity contribution is -0.118. The van der Waals surface area contributed by atoms with Gasteiger partial charge in [0, 0.05) is 35.2 Å². The zero-order valence-electron chi connectivity index (χ0n) is 15.9. The summed E-state index contributed by atoms with van der Waals surface area (Å²) >= 11 is 9.24. The van der Waals surface area contributed by atoms with Gasteiger partial charge in [0.2, 0.25) is 5.91 Å². The number of thioether (sulfide) groups is 1. The summed E-state index contributed by atoms with van der Waals surface area (Å²) in [7, 11) is 0. The van der Waals surface area contributed by atoms with Crippen molar-refractivity contribution in [1.29, 1.82) is 0 Å². The molecule has 1 aromatic carbocycles. The number of fused-ring (bicyclic) bond motifs is 1. The van der Waals surface area contributed by atoms with Crippen LogP contribution in [0.4, 0.5) is 0 Å². The number of aromatic nitrogens is 3. The molecule has 2 N–H and O–H groups in total. The Morgan fingerprint density at radius 1 is 1.33 bits per heavy atom. The fourth-order valence-electron chi connectivity index (χ4n) is 3.02. The summed E-state index contributed by atoms with van der Waals surface area (Å²) in [5, 5.41) is 12.6. The number of carbonyl (C=O) groups is 1. The summed E-state index contributed by atoms with van der Waals surface area (Å²) in [4.78, 5) is 24.3. The highest BCUT2D eigenvalue weighted by molar-refractivity contribution is 7.98. The number of benzene rings is 1. The van der Waals surface area contributed by atoms with Crippen molar-refractivity contribution in [2.45, 2.75) is 30.8 Å². The van der Waals surface area contributed by atoms with Crippen molar-refractivity contribution in [1.82, 2.24) is 14.8 Å². The molecule has 0 bridgehead atoms. The summed E-state index contributed by atoms with van der Waals surface area (Å²) in [5.74, 6) is 0.749. The largest absolute Gasteiger partial charge is 0.423 e. The Hall–Kier alpha value is -2.62. The Labute approximate surface area is 184 Å². The summed E-state index contributed by atoms with van der Waals surface area (Å²) in [6.45, 7) is 2.23. The average molecular weight is 461 g/mol. The van der Waals surface area contributed by atoms with Crippen LogP contribution in [-0.4, -0.2) is 20.7 Å². The minimum atomic E-state index is -0.422. The standard InChI is InChI=1S/C20H17ClN4O3S2/c1-11-7-15-13(9-14(11)21)12(8-18(27)28-15)10-30-20-24-23-19(16-3-2-6-29-16)25(20)5-4-17(22)26/h2-3,6-9H,4-5,10H2,1H3,(H2,22,26). The smallest absolute Gasteiger partial charge is 0.336 e. The zero-order valence-corrected chi connectivity index (χ0v) is 18.3. The zero-order chi connectivity index (χ0) is 21.3. The maximum Gasteiger partial charge on any atom is 0.336 e. The van der Waals surface area contributed by atoms with Crippen LogP contribution in [0.5, 0.6) is 0 Å². The molecule has 0 aliphatic heterocycles. The number of nitrogens with two attached hydrogens (primary N) is 1. The molecule has 0 atom stereocenters. The van der Waals surface area contributed by atoms with Crippen LogP contribution in [0, 0.1) is 6.92 Å². The van der Waals surface area contributed by atoms with E-state index in [1.54, 1.807) is 23.5 Å². The minimum absolute atomic E-state index is 0.177. The Bertz CT molecular complexity index is 1280. The van der Waals surface area contributed by atoms with Crippen LogP contribution in [0.3, 0.4) is 0 Å². The van der Waals surface area contributed by atoms with E-state index >= 15 is 0 Å². The second kappa shape index (κ2) is 8.63. The Morgan fingerprint density at radius 3 is 2.90 bits per heavy atom. The number of halogens is 1. The van der Waals surface area contributed by atoms with Crippen LogP contribution in [0.2, 0.25) is 5.02 Å². The molecule has 3 aromatic heterocycles. The topological polar surface area (TPSA) is 104 Å². The van der Waals surface area contributed by atoms with Gasteiger partial charge < -0.3 is 14.7 Å². The second-order valence-corrected chi connectivity index (χ2v) is 8.93. The molecule has 4 rings (SSSR count). The van der Waals surface area contributed by atoms with Gasteiger partial charge >= 0.3 is 5.63 Å². The number of primary amides is 1. The van der Waals surface area contributed by atoms with Gasteiger partial charge in [-0.15, -0.1) is 21.5 Å². The van der Waals surface area contributed by atoms with Gasteiger partial charge in [0.25, 0.3) is 0 Å². The van der Waals surface area contributed by atoms with Crippen molar-refractivity contribution >= 4 is 51.6 Å². The molecule has 0 unspecified atom stereocenters. The molecule has 0 spiro atoms. The predicted octanol–water partition coefficient (Wildman–Crippen LogP) is 4.24. The Morgan fingerprint density at radius 2 is 2.17 bits per heavy atom. The van der Waals surface area contributed by atoms with E-state index in [1.807, 2.05) is 29.0 Å². The van der Waals surface area contributed by atoms with Crippen LogP contribution in [-0.2, 0) is 17.1 Å². The van der Waals surface area contributed by atoms with Gasteiger partial charge in [-0.05, 0) is 41.6 Å². The Kier molecular flexibility index (Phi) is 5.94. The van der Waals surface area contributed by atoms with Crippen LogP contribution < -0.4 is 11.4 Å². The number of hydrogen-bond donors (Lipinski definition) is 1. The molecule has 0 saturated carbocycles. The van der Waals surface area contributed by atoms with Crippen LogP contribution in [0.15, 0.2) is 50.1 Å². The van der Waals surface area contributed by atoms with E-state index < -0.39 is 11.5 Å². The van der Waals surface area contributed by atoms with E-state index in [-0.39, 0.29) is 6.42 Å². The predicted molar refractivity (Wildman–Crippen MR) is 119 cm³/mol. The molecule has 154 valence electrons. The second-order valence-electron chi connectivity index (χ2n) is 6.63. The first kappa shape index (κ1) is 20.6. The van der Waals surface area contributed by atoms with Crippen molar-refractivity contribution < 1.29 is 9.21 Å².